The van der Waals surface area contributed by atoms with Crippen molar-refractivity contribution in [1.82, 2.24) is 9.36 Å². The van der Waals surface area contributed by atoms with Crippen molar-refractivity contribution in [1.29, 1.82) is 0 Å². The molecule has 0 saturated carbocycles. The number of nitrogens with zero attached hydrogens (tertiary/aromatic N) is 2. The van der Waals surface area contributed by atoms with E-state index >= 15 is 0 Å². The molecule has 0 radical (unpaired) electrons. The number of aliphatic hydroxyl groups excluding tert-OH is 1. The molecule has 0 aliphatic heterocycles. The average molecular weight is 303 g/mol. The van der Waals surface area contributed by atoms with Crippen LogP contribution in [0.3, 0.4) is 0 Å². The first kappa shape index (κ1) is 14.7. The molecule has 2 rings (SSSR count). The first-order chi connectivity index (χ1) is 9.34. The third-order valence-corrected chi connectivity index (χ3v) is 3.08. The lowest BCUT2D eigenvalue weighted by atomic mass is 10.2. The standard InChI is InChI=1S/C12H12F3N3OS/c1-7(19)6-10-17-11(20-18-10)16-9-4-2-8(3-5-9)12(13,14)15/h2-5,7,19H,6H2,1H3,(H,16,17,18). The normalized spacial score (nSPS) is 13.2. The van der Waals surface area contributed by atoms with Gasteiger partial charge < -0.3 is 10.4 Å². The van der Waals surface area contributed by atoms with Gasteiger partial charge in [0, 0.05) is 23.6 Å². The first-order valence-corrected chi connectivity index (χ1v) is 6.57. The molecule has 1 atom stereocenters. The van der Waals surface area contributed by atoms with Crippen LogP contribution in [0.25, 0.3) is 0 Å². The number of alkyl halides is 3. The zero-order chi connectivity index (χ0) is 14.8. The number of rotatable bonds is 4. The Kier molecular flexibility index (Phi) is 4.24. The molecule has 20 heavy (non-hydrogen) atoms. The molecule has 1 heterocycles. The predicted molar refractivity (Wildman–Crippen MR) is 70.0 cm³/mol. The second-order valence-corrected chi connectivity index (χ2v) is 5.02. The monoisotopic (exact) mass is 303 g/mol. The fourth-order valence-corrected chi connectivity index (χ4v) is 2.13. The van der Waals surface area contributed by atoms with Crippen LogP contribution in [0.5, 0.6) is 0 Å². The number of hydrogen-bond donors (Lipinski definition) is 2. The molecular formula is C12H12F3N3OS. The van der Waals surface area contributed by atoms with Crippen LogP contribution in [0.2, 0.25) is 0 Å². The summed E-state index contributed by atoms with van der Waals surface area (Å²) in [4.78, 5) is 4.13. The molecule has 0 spiro atoms. The second-order valence-electron chi connectivity index (χ2n) is 4.27. The Balaban J connectivity index is 2.05. The molecule has 1 aromatic heterocycles. The van der Waals surface area contributed by atoms with Crippen LogP contribution in [0.15, 0.2) is 24.3 Å². The molecule has 0 amide bonds. The van der Waals surface area contributed by atoms with Crippen LogP contribution in [0.1, 0.15) is 18.3 Å². The molecule has 4 nitrogen and oxygen atoms in total. The minimum atomic E-state index is -4.34. The van der Waals surface area contributed by atoms with Gasteiger partial charge in [0.2, 0.25) is 5.13 Å². The van der Waals surface area contributed by atoms with Gasteiger partial charge in [-0.2, -0.15) is 17.5 Å². The van der Waals surface area contributed by atoms with E-state index in [1.54, 1.807) is 6.92 Å². The molecule has 1 unspecified atom stereocenters. The first-order valence-electron chi connectivity index (χ1n) is 5.79. The number of halogens is 3. The largest absolute Gasteiger partial charge is 0.416 e. The summed E-state index contributed by atoms with van der Waals surface area (Å²) < 4.78 is 41.3. The molecule has 0 aliphatic rings. The van der Waals surface area contributed by atoms with E-state index in [0.717, 1.165) is 23.7 Å². The van der Waals surface area contributed by atoms with Crippen molar-refractivity contribution >= 4 is 22.4 Å². The summed E-state index contributed by atoms with van der Waals surface area (Å²) in [7, 11) is 0. The molecule has 8 heteroatoms. The minimum Gasteiger partial charge on any atom is -0.393 e. The van der Waals surface area contributed by atoms with Crippen LogP contribution >= 0.6 is 11.5 Å². The molecule has 0 fully saturated rings. The molecule has 0 bridgehead atoms. The molecule has 2 aromatic rings. The van der Waals surface area contributed by atoms with E-state index in [9.17, 15) is 18.3 Å². The van der Waals surface area contributed by atoms with E-state index in [4.69, 9.17) is 0 Å². The maximum atomic E-state index is 12.4. The van der Waals surface area contributed by atoms with E-state index in [2.05, 4.69) is 14.7 Å². The van der Waals surface area contributed by atoms with Crippen molar-refractivity contribution < 1.29 is 18.3 Å². The zero-order valence-electron chi connectivity index (χ0n) is 10.5. The summed E-state index contributed by atoms with van der Waals surface area (Å²) in [5.74, 6) is 0.499. The van der Waals surface area contributed by atoms with Gasteiger partial charge in [-0.05, 0) is 31.2 Å². The third-order valence-electron chi connectivity index (χ3n) is 2.41. The van der Waals surface area contributed by atoms with E-state index in [1.165, 1.54) is 12.1 Å². The summed E-state index contributed by atoms with van der Waals surface area (Å²) in [5.41, 5.74) is -0.201. The Morgan fingerprint density at radius 1 is 1.30 bits per heavy atom. The summed E-state index contributed by atoms with van der Waals surface area (Å²) in [6.45, 7) is 1.63. The Morgan fingerprint density at radius 2 is 1.95 bits per heavy atom. The summed E-state index contributed by atoms with van der Waals surface area (Å²) in [6.07, 6.45) is -4.54. The zero-order valence-corrected chi connectivity index (χ0v) is 11.3. The van der Waals surface area contributed by atoms with Gasteiger partial charge in [-0.25, -0.2) is 4.98 Å². The van der Waals surface area contributed by atoms with Crippen molar-refractivity contribution in [3.05, 3.63) is 35.7 Å². The number of aromatic nitrogens is 2. The predicted octanol–water partition coefficient (Wildman–Crippen LogP) is 3.22. The SMILES string of the molecule is CC(O)Cc1nsc(Nc2ccc(C(F)(F)F)cc2)n1. The molecular weight excluding hydrogens is 291 g/mol. The van der Waals surface area contributed by atoms with Crippen molar-refractivity contribution in [3.63, 3.8) is 0 Å². The van der Waals surface area contributed by atoms with Gasteiger partial charge in [0.15, 0.2) is 0 Å². The Labute approximate surface area is 117 Å². The van der Waals surface area contributed by atoms with Gasteiger partial charge in [0.25, 0.3) is 0 Å². The maximum absolute atomic E-state index is 12.4. The fourth-order valence-electron chi connectivity index (χ4n) is 1.52. The lowest BCUT2D eigenvalue weighted by Gasteiger charge is -2.07. The van der Waals surface area contributed by atoms with Crippen molar-refractivity contribution in [3.8, 4) is 0 Å². The smallest absolute Gasteiger partial charge is 0.393 e. The van der Waals surface area contributed by atoms with Crippen molar-refractivity contribution in [2.45, 2.75) is 25.6 Å². The van der Waals surface area contributed by atoms with Gasteiger partial charge in [-0.1, -0.05) is 0 Å². The summed E-state index contributed by atoms with van der Waals surface area (Å²) >= 11 is 1.09. The Hall–Kier alpha value is -1.67. The summed E-state index contributed by atoms with van der Waals surface area (Å²) in [6, 6.07) is 4.66. The number of aliphatic hydroxyl groups is 1. The number of hydrogen-bond acceptors (Lipinski definition) is 5. The van der Waals surface area contributed by atoms with Gasteiger partial charge in [0.05, 0.1) is 11.7 Å². The van der Waals surface area contributed by atoms with Gasteiger partial charge in [-0.15, -0.1) is 0 Å². The fraction of sp³-hybridized carbons (Fsp3) is 0.333. The van der Waals surface area contributed by atoms with Crippen molar-refractivity contribution in [2.75, 3.05) is 5.32 Å². The summed E-state index contributed by atoms with van der Waals surface area (Å²) in [5, 5.41) is 12.6. The lowest BCUT2D eigenvalue weighted by molar-refractivity contribution is -0.137. The van der Waals surface area contributed by atoms with E-state index in [1.807, 2.05) is 0 Å². The lowest BCUT2D eigenvalue weighted by Crippen LogP contribution is -2.05. The number of benzene rings is 1. The average Bonchev–Trinajstić information content (AvgIpc) is 2.75. The highest BCUT2D eigenvalue weighted by Gasteiger charge is 2.29. The van der Waals surface area contributed by atoms with Crippen LogP contribution in [-0.4, -0.2) is 20.6 Å². The quantitative estimate of drug-likeness (QED) is 0.910. The van der Waals surface area contributed by atoms with Gasteiger partial charge in [-0.3, -0.25) is 0 Å². The van der Waals surface area contributed by atoms with Crippen molar-refractivity contribution in [2.24, 2.45) is 0 Å². The van der Waals surface area contributed by atoms with Gasteiger partial charge in [0.1, 0.15) is 5.82 Å². The third kappa shape index (κ3) is 3.91. The Bertz CT molecular complexity index is 566. The topological polar surface area (TPSA) is 58.0 Å². The molecule has 2 N–H and O–H groups in total. The van der Waals surface area contributed by atoms with Gasteiger partial charge >= 0.3 is 6.18 Å². The van der Waals surface area contributed by atoms with Crippen LogP contribution in [0, 0.1) is 0 Å². The van der Waals surface area contributed by atoms with E-state index in [-0.39, 0.29) is 0 Å². The minimum absolute atomic E-state index is 0.338. The molecule has 0 saturated heterocycles. The van der Waals surface area contributed by atoms with Crippen LogP contribution in [-0.2, 0) is 12.6 Å². The van der Waals surface area contributed by atoms with E-state index in [0.29, 0.717) is 23.1 Å². The molecule has 0 aliphatic carbocycles. The molecule has 1 aromatic carbocycles. The number of nitrogens with one attached hydrogen (secondary N) is 1. The Morgan fingerprint density at radius 3 is 2.50 bits per heavy atom. The highest BCUT2D eigenvalue weighted by atomic mass is 32.1. The molecule has 108 valence electrons. The second kappa shape index (κ2) is 5.76. The maximum Gasteiger partial charge on any atom is 0.416 e. The van der Waals surface area contributed by atoms with Crippen LogP contribution < -0.4 is 5.32 Å². The number of anilines is 2. The van der Waals surface area contributed by atoms with E-state index < -0.39 is 17.8 Å². The van der Waals surface area contributed by atoms with Crippen LogP contribution in [0.4, 0.5) is 24.0 Å². The highest BCUT2D eigenvalue weighted by Crippen LogP contribution is 2.30. The highest BCUT2D eigenvalue weighted by molar-refractivity contribution is 7.09.